The minimum Gasteiger partial charge on any atom is -0.491 e. The molecule has 1 unspecified atom stereocenters. The van der Waals surface area contributed by atoms with Gasteiger partial charge in [-0.3, -0.25) is 5.41 Å². The van der Waals surface area contributed by atoms with Crippen LogP contribution >= 0.6 is 0 Å². The van der Waals surface area contributed by atoms with Crippen LogP contribution in [-0.2, 0) is 13.1 Å². The number of ether oxygens (including phenoxy) is 1. The fourth-order valence-electron chi connectivity index (χ4n) is 2.88. The molecule has 1 atom stereocenters. The van der Waals surface area contributed by atoms with E-state index < -0.39 is 6.10 Å². The second-order valence-corrected chi connectivity index (χ2v) is 6.10. The Balaban J connectivity index is 1.78. The first-order valence-corrected chi connectivity index (χ1v) is 8.31. The van der Waals surface area contributed by atoms with E-state index >= 15 is 0 Å². The van der Waals surface area contributed by atoms with E-state index in [2.05, 4.69) is 6.58 Å². The van der Waals surface area contributed by atoms with Crippen molar-refractivity contribution in [3.63, 3.8) is 0 Å². The van der Waals surface area contributed by atoms with Gasteiger partial charge in [-0.2, -0.15) is 0 Å². The van der Waals surface area contributed by atoms with Crippen LogP contribution in [0.25, 0.3) is 11.0 Å². The SMILES string of the molecule is C=CCn1c(=N)n(CC(O)COc2ccc(C)cc2)c2ccccc21. The number of aliphatic hydroxyl groups excluding tert-OH is 1. The molecule has 0 amide bonds. The maximum absolute atomic E-state index is 10.4. The van der Waals surface area contributed by atoms with E-state index in [0.29, 0.717) is 18.7 Å². The lowest BCUT2D eigenvalue weighted by Gasteiger charge is -2.14. The fourth-order valence-corrected chi connectivity index (χ4v) is 2.88. The third kappa shape index (κ3) is 3.67. The Morgan fingerprint density at radius 3 is 2.40 bits per heavy atom. The molecule has 0 aliphatic rings. The number of benzene rings is 2. The highest BCUT2D eigenvalue weighted by Gasteiger charge is 2.13. The Labute approximate surface area is 146 Å². The fraction of sp³-hybridized carbons (Fsp3) is 0.250. The minimum atomic E-state index is -0.710. The van der Waals surface area contributed by atoms with Gasteiger partial charge in [0.05, 0.1) is 17.6 Å². The summed E-state index contributed by atoms with van der Waals surface area (Å²) in [6, 6.07) is 15.5. The molecule has 0 bridgehead atoms. The van der Waals surface area contributed by atoms with E-state index in [1.165, 1.54) is 0 Å². The lowest BCUT2D eigenvalue weighted by molar-refractivity contribution is 0.0921. The second kappa shape index (κ2) is 7.40. The summed E-state index contributed by atoms with van der Waals surface area (Å²) in [4.78, 5) is 0. The highest BCUT2D eigenvalue weighted by atomic mass is 16.5. The summed E-state index contributed by atoms with van der Waals surface area (Å²) in [6.07, 6.45) is 1.06. The quantitative estimate of drug-likeness (QED) is 0.651. The van der Waals surface area contributed by atoms with Gasteiger partial charge in [0.15, 0.2) is 0 Å². The number of aromatic nitrogens is 2. The average molecular weight is 337 g/mol. The highest BCUT2D eigenvalue weighted by molar-refractivity contribution is 5.75. The third-order valence-electron chi connectivity index (χ3n) is 4.14. The molecular weight excluding hydrogens is 314 g/mol. The molecule has 130 valence electrons. The van der Waals surface area contributed by atoms with Crippen LogP contribution in [0.15, 0.2) is 61.2 Å². The van der Waals surface area contributed by atoms with Crippen LogP contribution < -0.4 is 10.4 Å². The van der Waals surface area contributed by atoms with Crippen molar-refractivity contribution in [1.82, 2.24) is 9.13 Å². The number of imidazole rings is 1. The summed E-state index contributed by atoms with van der Waals surface area (Å²) in [5.74, 6) is 0.731. The number of nitrogens with zero attached hydrogens (tertiary/aromatic N) is 2. The molecule has 0 aliphatic heterocycles. The van der Waals surface area contributed by atoms with E-state index in [4.69, 9.17) is 10.1 Å². The molecule has 3 rings (SSSR count). The van der Waals surface area contributed by atoms with Gasteiger partial charge in [-0.05, 0) is 31.2 Å². The summed E-state index contributed by atoms with van der Waals surface area (Å²) >= 11 is 0. The number of hydrogen-bond acceptors (Lipinski definition) is 3. The molecule has 0 fully saturated rings. The number of rotatable bonds is 7. The van der Waals surface area contributed by atoms with Crippen molar-refractivity contribution in [1.29, 1.82) is 5.41 Å². The van der Waals surface area contributed by atoms with E-state index in [9.17, 15) is 5.11 Å². The Hall–Kier alpha value is -2.79. The maximum Gasteiger partial charge on any atom is 0.203 e. The predicted octanol–water partition coefficient (Wildman–Crippen LogP) is 2.86. The van der Waals surface area contributed by atoms with Gasteiger partial charge in [0, 0.05) is 6.54 Å². The Morgan fingerprint density at radius 1 is 1.12 bits per heavy atom. The molecule has 0 spiro atoms. The van der Waals surface area contributed by atoms with Gasteiger partial charge in [-0.1, -0.05) is 35.9 Å². The van der Waals surface area contributed by atoms with Crippen molar-refractivity contribution in [2.75, 3.05) is 6.61 Å². The first-order valence-electron chi connectivity index (χ1n) is 8.31. The molecule has 5 heteroatoms. The van der Waals surface area contributed by atoms with Gasteiger partial charge in [-0.15, -0.1) is 6.58 Å². The average Bonchev–Trinajstić information content (AvgIpc) is 2.88. The van der Waals surface area contributed by atoms with Gasteiger partial charge in [-0.25, -0.2) is 0 Å². The summed E-state index contributed by atoms with van der Waals surface area (Å²) in [5.41, 5.74) is 3.38. The second-order valence-electron chi connectivity index (χ2n) is 6.10. The van der Waals surface area contributed by atoms with E-state index in [0.717, 1.165) is 22.3 Å². The van der Waals surface area contributed by atoms with Gasteiger partial charge in [0.1, 0.15) is 18.5 Å². The molecule has 0 aliphatic carbocycles. The lowest BCUT2D eigenvalue weighted by Crippen LogP contribution is -2.31. The number of nitrogens with one attached hydrogen (secondary N) is 1. The topological polar surface area (TPSA) is 63.2 Å². The van der Waals surface area contributed by atoms with Crippen LogP contribution in [0.2, 0.25) is 0 Å². The van der Waals surface area contributed by atoms with Crippen molar-refractivity contribution in [3.8, 4) is 5.75 Å². The van der Waals surface area contributed by atoms with Crippen LogP contribution in [0, 0.1) is 12.3 Å². The summed E-state index contributed by atoms with van der Waals surface area (Å²) < 4.78 is 9.33. The Bertz CT molecular complexity index is 922. The Morgan fingerprint density at radius 2 is 1.76 bits per heavy atom. The first kappa shape index (κ1) is 17.0. The number of allylic oxidation sites excluding steroid dienone is 1. The third-order valence-corrected chi connectivity index (χ3v) is 4.14. The number of hydrogen-bond donors (Lipinski definition) is 2. The minimum absolute atomic E-state index is 0.177. The monoisotopic (exact) mass is 337 g/mol. The first-order chi connectivity index (χ1) is 12.1. The summed E-state index contributed by atoms with van der Waals surface area (Å²) in [7, 11) is 0. The molecule has 2 aromatic carbocycles. The zero-order chi connectivity index (χ0) is 17.8. The Kier molecular flexibility index (Phi) is 5.05. The molecule has 1 heterocycles. The van der Waals surface area contributed by atoms with E-state index in [1.807, 2.05) is 64.6 Å². The van der Waals surface area contributed by atoms with Crippen molar-refractivity contribution >= 4 is 11.0 Å². The predicted molar refractivity (Wildman–Crippen MR) is 98.7 cm³/mol. The van der Waals surface area contributed by atoms with Crippen LogP contribution in [-0.4, -0.2) is 27.0 Å². The van der Waals surface area contributed by atoms with Crippen molar-refractivity contribution in [2.45, 2.75) is 26.1 Å². The standard InChI is InChI=1S/C20H23N3O2/c1-3-12-22-18-6-4-5-7-19(18)23(20(22)21)13-16(24)14-25-17-10-8-15(2)9-11-17/h3-11,16,21,24H,1,12-14H2,2H3. The molecule has 25 heavy (non-hydrogen) atoms. The van der Waals surface area contributed by atoms with Crippen LogP contribution in [0.4, 0.5) is 0 Å². The molecule has 0 saturated carbocycles. The smallest absolute Gasteiger partial charge is 0.203 e. The normalized spacial score (nSPS) is 12.2. The van der Waals surface area contributed by atoms with Gasteiger partial charge in [0.2, 0.25) is 5.62 Å². The maximum atomic E-state index is 10.4. The molecule has 5 nitrogen and oxygen atoms in total. The largest absolute Gasteiger partial charge is 0.491 e. The van der Waals surface area contributed by atoms with E-state index in [-0.39, 0.29) is 6.61 Å². The number of fused-ring (bicyclic) bond motifs is 1. The zero-order valence-electron chi connectivity index (χ0n) is 14.4. The molecule has 0 saturated heterocycles. The van der Waals surface area contributed by atoms with E-state index in [1.54, 1.807) is 6.08 Å². The highest BCUT2D eigenvalue weighted by Crippen LogP contribution is 2.15. The molecule has 1 aromatic heterocycles. The number of para-hydroxylation sites is 2. The van der Waals surface area contributed by atoms with Crippen molar-refractivity contribution in [2.24, 2.45) is 0 Å². The van der Waals surface area contributed by atoms with Crippen LogP contribution in [0.1, 0.15) is 5.56 Å². The molecular formula is C20H23N3O2. The zero-order valence-corrected chi connectivity index (χ0v) is 14.4. The van der Waals surface area contributed by atoms with Crippen molar-refractivity contribution in [3.05, 3.63) is 72.4 Å². The molecule has 3 aromatic rings. The van der Waals surface area contributed by atoms with Gasteiger partial charge in [0.25, 0.3) is 0 Å². The summed E-state index contributed by atoms with van der Waals surface area (Å²) in [5, 5.41) is 18.8. The molecule has 2 N–H and O–H groups in total. The van der Waals surface area contributed by atoms with Gasteiger partial charge < -0.3 is 19.0 Å². The number of aliphatic hydroxyl groups is 1. The lowest BCUT2D eigenvalue weighted by atomic mass is 10.2. The summed E-state index contributed by atoms with van der Waals surface area (Å²) in [6.45, 7) is 6.81. The van der Waals surface area contributed by atoms with Crippen LogP contribution in [0.3, 0.4) is 0 Å². The van der Waals surface area contributed by atoms with Crippen molar-refractivity contribution < 1.29 is 9.84 Å². The van der Waals surface area contributed by atoms with Gasteiger partial charge >= 0.3 is 0 Å². The number of aryl methyl sites for hydroxylation is 1. The molecule has 0 radical (unpaired) electrons. The van der Waals surface area contributed by atoms with Crippen LogP contribution in [0.5, 0.6) is 5.75 Å².